The molecule has 0 spiro atoms. The Morgan fingerprint density at radius 2 is 1.80 bits per heavy atom. The van der Waals surface area contributed by atoms with E-state index in [1.807, 2.05) is 43.3 Å². The standard InChI is InChI=1S/C18H19N3O2S2/c1-3-21(15-7-5-4-6-8-15)16-10-11-17(19-13-16)20-25(22,23)18-12-9-14(2)24-18/h4-13H,3H2,1-2H3,(H,19,20). The van der Waals surface area contributed by atoms with Crippen LogP contribution < -0.4 is 9.62 Å². The molecule has 0 bridgehead atoms. The van der Waals surface area contributed by atoms with E-state index in [2.05, 4.69) is 21.5 Å². The number of para-hydroxylation sites is 1. The highest BCUT2D eigenvalue weighted by Crippen LogP contribution is 2.26. The summed E-state index contributed by atoms with van der Waals surface area (Å²) in [5.74, 6) is 0.305. The van der Waals surface area contributed by atoms with Gasteiger partial charge in [-0.15, -0.1) is 11.3 Å². The molecule has 2 aromatic heterocycles. The predicted molar refractivity (Wildman–Crippen MR) is 103 cm³/mol. The average Bonchev–Trinajstić information content (AvgIpc) is 3.05. The lowest BCUT2D eigenvalue weighted by Crippen LogP contribution is -2.17. The van der Waals surface area contributed by atoms with Crippen LogP contribution in [0.2, 0.25) is 0 Å². The van der Waals surface area contributed by atoms with Gasteiger partial charge in [0.15, 0.2) is 0 Å². The molecule has 0 saturated carbocycles. The molecule has 130 valence electrons. The number of aryl methyl sites for hydroxylation is 1. The zero-order valence-electron chi connectivity index (χ0n) is 14.0. The maximum absolute atomic E-state index is 12.4. The van der Waals surface area contributed by atoms with Crippen LogP contribution in [0.3, 0.4) is 0 Å². The summed E-state index contributed by atoms with van der Waals surface area (Å²) in [5.41, 5.74) is 1.97. The monoisotopic (exact) mass is 373 g/mol. The van der Waals surface area contributed by atoms with Gasteiger partial charge in [0.05, 0.1) is 11.9 Å². The lowest BCUT2D eigenvalue weighted by atomic mass is 10.2. The van der Waals surface area contributed by atoms with Crippen molar-refractivity contribution in [2.45, 2.75) is 18.1 Å². The Labute approximate surface area is 152 Å². The van der Waals surface area contributed by atoms with Crippen molar-refractivity contribution in [2.24, 2.45) is 0 Å². The smallest absolute Gasteiger partial charge is 0.272 e. The number of hydrogen-bond donors (Lipinski definition) is 1. The second kappa shape index (κ2) is 7.25. The number of nitrogens with zero attached hydrogens (tertiary/aromatic N) is 2. The second-order valence-electron chi connectivity index (χ2n) is 5.45. The van der Waals surface area contributed by atoms with Gasteiger partial charge in [-0.25, -0.2) is 13.4 Å². The largest absolute Gasteiger partial charge is 0.341 e. The number of thiophene rings is 1. The van der Waals surface area contributed by atoms with Crippen LogP contribution in [0.5, 0.6) is 0 Å². The van der Waals surface area contributed by atoms with E-state index in [1.54, 1.807) is 24.4 Å². The molecule has 2 heterocycles. The summed E-state index contributed by atoms with van der Waals surface area (Å²) in [7, 11) is -3.59. The normalized spacial score (nSPS) is 11.3. The van der Waals surface area contributed by atoms with Crippen molar-refractivity contribution in [2.75, 3.05) is 16.2 Å². The number of pyridine rings is 1. The van der Waals surface area contributed by atoms with E-state index in [4.69, 9.17) is 0 Å². The Morgan fingerprint density at radius 1 is 1.04 bits per heavy atom. The lowest BCUT2D eigenvalue weighted by Gasteiger charge is -2.23. The van der Waals surface area contributed by atoms with Crippen LogP contribution in [0.15, 0.2) is 65.0 Å². The van der Waals surface area contributed by atoms with E-state index in [9.17, 15) is 8.42 Å². The number of rotatable bonds is 6. The molecular formula is C18H19N3O2S2. The topological polar surface area (TPSA) is 62.3 Å². The minimum absolute atomic E-state index is 0.287. The highest BCUT2D eigenvalue weighted by molar-refractivity contribution is 7.94. The van der Waals surface area contributed by atoms with E-state index in [-0.39, 0.29) is 4.21 Å². The maximum Gasteiger partial charge on any atom is 0.272 e. The van der Waals surface area contributed by atoms with Crippen LogP contribution in [-0.2, 0) is 10.0 Å². The van der Waals surface area contributed by atoms with Gasteiger partial charge in [-0.3, -0.25) is 4.72 Å². The molecule has 7 heteroatoms. The average molecular weight is 374 g/mol. The van der Waals surface area contributed by atoms with Crippen molar-refractivity contribution < 1.29 is 8.42 Å². The molecule has 3 aromatic rings. The number of nitrogens with one attached hydrogen (secondary N) is 1. The Morgan fingerprint density at radius 3 is 2.36 bits per heavy atom. The van der Waals surface area contributed by atoms with Gasteiger partial charge in [0, 0.05) is 17.1 Å². The van der Waals surface area contributed by atoms with Crippen molar-refractivity contribution in [1.29, 1.82) is 0 Å². The maximum atomic E-state index is 12.4. The van der Waals surface area contributed by atoms with Crippen molar-refractivity contribution in [3.8, 4) is 0 Å². The molecule has 0 amide bonds. The summed E-state index contributed by atoms with van der Waals surface area (Å²) in [6.07, 6.45) is 1.67. The van der Waals surface area contributed by atoms with E-state index in [0.717, 1.165) is 22.8 Å². The molecule has 0 aliphatic rings. The summed E-state index contributed by atoms with van der Waals surface area (Å²) in [5, 5.41) is 0. The molecule has 0 atom stereocenters. The number of benzene rings is 1. The highest BCUT2D eigenvalue weighted by atomic mass is 32.2. The van der Waals surface area contributed by atoms with Crippen LogP contribution in [-0.4, -0.2) is 19.9 Å². The number of anilines is 3. The number of sulfonamides is 1. The summed E-state index contributed by atoms with van der Waals surface area (Å²) < 4.78 is 27.5. The molecule has 5 nitrogen and oxygen atoms in total. The fourth-order valence-corrected chi connectivity index (χ4v) is 4.76. The Balaban J connectivity index is 1.80. The molecule has 0 radical (unpaired) electrons. The van der Waals surface area contributed by atoms with Crippen LogP contribution in [0.1, 0.15) is 11.8 Å². The zero-order valence-corrected chi connectivity index (χ0v) is 15.6. The van der Waals surface area contributed by atoms with Gasteiger partial charge < -0.3 is 4.90 Å². The molecule has 0 aliphatic heterocycles. The van der Waals surface area contributed by atoms with Crippen LogP contribution in [0.25, 0.3) is 0 Å². The van der Waals surface area contributed by atoms with Gasteiger partial charge >= 0.3 is 0 Å². The van der Waals surface area contributed by atoms with Gasteiger partial charge in [0.2, 0.25) is 0 Å². The Bertz CT molecular complexity index is 936. The zero-order chi connectivity index (χ0) is 17.9. The molecule has 0 saturated heterocycles. The van der Waals surface area contributed by atoms with Gasteiger partial charge in [0.25, 0.3) is 10.0 Å². The van der Waals surface area contributed by atoms with Crippen molar-refractivity contribution in [3.63, 3.8) is 0 Å². The minimum atomic E-state index is -3.59. The number of hydrogen-bond acceptors (Lipinski definition) is 5. The first kappa shape index (κ1) is 17.4. The van der Waals surface area contributed by atoms with Gasteiger partial charge in [0.1, 0.15) is 10.0 Å². The number of aromatic nitrogens is 1. The molecule has 3 rings (SSSR count). The highest BCUT2D eigenvalue weighted by Gasteiger charge is 2.17. The third-order valence-electron chi connectivity index (χ3n) is 3.66. The van der Waals surface area contributed by atoms with Gasteiger partial charge in [-0.1, -0.05) is 18.2 Å². The Kier molecular flexibility index (Phi) is 5.06. The van der Waals surface area contributed by atoms with E-state index >= 15 is 0 Å². The summed E-state index contributed by atoms with van der Waals surface area (Å²) in [4.78, 5) is 7.32. The molecular weight excluding hydrogens is 354 g/mol. The first-order chi connectivity index (χ1) is 12.0. The fraction of sp³-hybridized carbons (Fsp3) is 0.167. The fourth-order valence-electron chi connectivity index (χ4n) is 2.47. The Hall–Kier alpha value is -2.38. The van der Waals surface area contributed by atoms with Gasteiger partial charge in [-0.2, -0.15) is 0 Å². The molecule has 1 N–H and O–H groups in total. The first-order valence-electron chi connectivity index (χ1n) is 7.87. The van der Waals surface area contributed by atoms with Crippen molar-refractivity contribution in [3.05, 3.63) is 65.7 Å². The molecule has 1 aromatic carbocycles. The SMILES string of the molecule is CCN(c1ccccc1)c1ccc(NS(=O)(=O)c2ccc(C)s2)nc1. The third-order valence-corrected chi connectivity index (χ3v) is 6.51. The van der Waals surface area contributed by atoms with Crippen LogP contribution >= 0.6 is 11.3 Å². The molecule has 0 fully saturated rings. The molecule has 25 heavy (non-hydrogen) atoms. The summed E-state index contributed by atoms with van der Waals surface area (Å²) >= 11 is 1.24. The quantitative estimate of drug-likeness (QED) is 0.695. The summed E-state index contributed by atoms with van der Waals surface area (Å²) in [6.45, 7) is 4.72. The third kappa shape index (κ3) is 4.00. The molecule has 0 unspecified atom stereocenters. The van der Waals surface area contributed by atoms with Crippen LogP contribution in [0.4, 0.5) is 17.2 Å². The molecule has 0 aliphatic carbocycles. The predicted octanol–water partition coefficient (Wildman–Crippen LogP) is 4.41. The first-order valence-corrected chi connectivity index (χ1v) is 10.2. The van der Waals surface area contributed by atoms with Crippen molar-refractivity contribution >= 4 is 38.6 Å². The van der Waals surface area contributed by atoms with Crippen molar-refractivity contribution in [1.82, 2.24) is 4.98 Å². The lowest BCUT2D eigenvalue weighted by molar-refractivity contribution is 0.603. The minimum Gasteiger partial charge on any atom is -0.341 e. The van der Waals surface area contributed by atoms with E-state index < -0.39 is 10.0 Å². The van der Waals surface area contributed by atoms with Gasteiger partial charge in [-0.05, 0) is 50.2 Å². The van der Waals surface area contributed by atoms with E-state index in [1.165, 1.54) is 11.3 Å². The summed E-state index contributed by atoms with van der Waals surface area (Å²) in [6, 6.07) is 16.9. The van der Waals surface area contributed by atoms with Crippen LogP contribution in [0, 0.1) is 6.92 Å². The van der Waals surface area contributed by atoms with E-state index in [0.29, 0.717) is 5.82 Å². The second-order valence-corrected chi connectivity index (χ2v) is 8.65.